The molecule has 0 amide bonds. The Labute approximate surface area is 126 Å². The Bertz CT molecular complexity index is 814. The number of aryl methyl sites for hydroxylation is 1. The van der Waals surface area contributed by atoms with Crippen LogP contribution in [0.15, 0.2) is 47.0 Å². The first-order chi connectivity index (χ1) is 10.1. The van der Waals surface area contributed by atoms with Gasteiger partial charge in [-0.2, -0.15) is 0 Å². The average Bonchev–Trinajstić information content (AvgIpc) is 2.83. The van der Waals surface area contributed by atoms with Gasteiger partial charge in [0.2, 0.25) is 5.88 Å². The van der Waals surface area contributed by atoms with Crippen LogP contribution in [0.5, 0.6) is 0 Å². The Morgan fingerprint density at radius 1 is 1.19 bits per heavy atom. The van der Waals surface area contributed by atoms with Crippen molar-refractivity contribution in [2.24, 2.45) is 0 Å². The van der Waals surface area contributed by atoms with Crippen LogP contribution in [0.25, 0.3) is 22.4 Å². The molecule has 3 rings (SSSR count). The molecule has 0 saturated heterocycles. The molecular weight excluding hydrogens is 291 g/mol. The standard InChI is InChI=1S/C16H12ClFN2O/c1-9-5-6-12(18)8-13(9)15-14(16(19)21-20-15)10-3-2-4-11(17)7-10/h2-8H,19H2,1H3. The summed E-state index contributed by atoms with van der Waals surface area (Å²) in [5, 5.41) is 4.56. The summed E-state index contributed by atoms with van der Waals surface area (Å²) in [6, 6.07) is 11.7. The molecule has 106 valence electrons. The summed E-state index contributed by atoms with van der Waals surface area (Å²) >= 11 is 6.02. The van der Waals surface area contributed by atoms with Gasteiger partial charge in [0.15, 0.2) is 0 Å². The van der Waals surface area contributed by atoms with Gasteiger partial charge >= 0.3 is 0 Å². The highest BCUT2D eigenvalue weighted by molar-refractivity contribution is 6.30. The molecule has 0 unspecified atom stereocenters. The van der Waals surface area contributed by atoms with E-state index in [-0.39, 0.29) is 11.7 Å². The van der Waals surface area contributed by atoms with Crippen LogP contribution in [0.3, 0.4) is 0 Å². The van der Waals surface area contributed by atoms with Crippen LogP contribution in [-0.4, -0.2) is 5.16 Å². The second-order valence-electron chi connectivity index (χ2n) is 4.74. The van der Waals surface area contributed by atoms with Gasteiger partial charge in [-0.25, -0.2) is 4.39 Å². The molecule has 1 heterocycles. The van der Waals surface area contributed by atoms with E-state index in [0.29, 0.717) is 21.8 Å². The van der Waals surface area contributed by atoms with Gasteiger partial charge in [0, 0.05) is 10.6 Å². The number of rotatable bonds is 2. The Balaban J connectivity index is 2.24. The predicted octanol–water partition coefficient (Wildman–Crippen LogP) is 4.69. The smallest absolute Gasteiger partial charge is 0.230 e. The summed E-state index contributed by atoms with van der Waals surface area (Å²) in [5.41, 5.74) is 9.31. The van der Waals surface area contributed by atoms with E-state index in [9.17, 15) is 4.39 Å². The third kappa shape index (κ3) is 2.50. The van der Waals surface area contributed by atoms with Gasteiger partial charge in [0.25, 0.3) is 0 Å². The fourth-order valence-electron chi connectivity index (χ4n) is 2.26. The highest BCUT2D eigenvalue weighted by atomic mass is 35.5. The monoisotopic (exact) mass is 302 g/mol. The lowest BCUT2D eigenvalue weighted by atomic mass is 9.98. The van der Waals surface area contributed by atoms with Crippen LogP contribution in [0, 0.1) is 12.7 Å². The number of aromatic nitrogens is 1. The summed E-state index contributed by atoms with van der Waals surface area (Å²) in [7, 11) is 0. The molecule has 1 aromatic heterocycles. The number of benzene rings is 2. The molecule has 21 heavy (non-hydrogen) atoms. The lowest BCUT2D eigenvalue weighted by Gasteiger charge is -2.06. The minimum Gasteiger partial charge on any atom is -0.367 e. The van der Waals surface area contributed by atoms with Crippen molar-refractivity contribution in [2.45, 2.75) is 6.92 Å². The molecule has 2 N–H and O–H groups in total. The van der Waals surface area contributed by atoms with E-state index in [1.807, 2.05) is 19.1 Å². The van der Waals surface area contributed by atoms with Crippen molar-refractivity contribution in [1.29, 1.82) is 0 Å². The van der Waals surface area contributed by atoms with Gasteiger partial charge in [-0.1, -0.05) is 35.0 Å². The van der Waals surface area contributed by atoms with Crippen molar-refractivity contribution in [2.75, 3.05) is 5.73 Å². The summed E-state index contributed by atoms with van der Waals surface area (Å²) in [6.07, 6.45) is 0. The van der Waals surface area contributed by atoms with Crippen molar-refractivity contribution in [1.82, 2.24) is 5.16 Å². The highest BCUT2D eigenvalue weighted by Gasteiger charge is 2.19. The van der Waals surface area contributed by atoms with Gasteiger partial charge in [0.05, 0.1) is 5.56 Å². The van der Waals surface area contributed by atoms with Crippen LogP contribution in [-0.2, 0) is 0 Å². The topological polar surface area (TPSA) is 52.0 Å². The lowest BCUT2D eigenvalue weighted by molar-refractivity contribution is 0.439. The maximum atomic E-state index is 13.5. The maximum Gasteiger partial charge on any atom is 0.230 e. The molecule has 3 aromatic rings. The fourth-order valence-corrected chi connectivity index (χ4v) is 2.45. The van der Waals surface area contributed by atoms with E-state index >= 15 is 0 Å². The molecule has 3 nitrogen and oxygen atoms in total. The Morgan fingerprint density at radius 3 is 2.76 bits per heavy atom. The Kier molecular flexibility index (Phi) is 3.39. The van der Waals surface area contributed by atoms with Gasteiger partial charge in [0.1, 0.15) is 11.5 Å². The van der Waals surface area contributed by atoms with Crippen molar-refractivity contribution >= 4 is 17.5 Å². The van der Waals surface area contributed by atoms with E-state index in [2.05, 4.69) is 5.16 Å². The first-order valence-electron chi connectivity index (χ1n) is 6.34. The van der Waals surface area contributed by atoms with E-state index < -0.39 is 0 Å². The minimum atomic E-state index is -0.339. The summed E-state index contributed by atoms with van der Waals surface area (Å²) in [5.74, 6) is -0.162. The molecule has 0 radical (unpaired) electrons. The SMILES string of the molecule is Cc1ccc(F)cc1-c1noc(N)c1-c1cccc(Cl)c1. The third-order valence-electron chi connectivity index (χ3n) is 3.29. The molecule has 0 bridgehead atoms. The first kappa shape index (κ1) is 13.6. The third-order valence-corrected chi connectivity index (χ3v) is 3.52. The zero-order chi connectivity index (χ0) is 15.0. The highest BCUT2D eigenvalue weighted by Crippen LogP contribution is 2.38. The van der Waals surface area contributed by atoms with Crippen molar-refractivity contribution in [3.8, 4) is 22.4 Å². The first-order valence-corrected chi connectivity index (χ1v) is 6.71. The van der Waals surface area contributed by atoms with Crippen molar-refractivity contribution < 1.29 is 8.91 Å². The zero-order valence-electron chi connectivity index (χ0n) is 11.2. The van der Waals surface area contributed by atoms with E-state index in [1.165, 1.54) is 12.1 Å². The summed E-state index contributed by atoms with van der Waals surface area (Å²) < 4.78 is 18.6. The second-order valence-corrected chi connectivity index (χ2v) is 5.18. The molecule has 0 spiro atoms. The zero-order valence-corrected chi connectivity index (χ0v) is 12.0. The molecule has 0 saturated carbocycles. The molecule has 0 aliphatic rings. The Morgan fingerprint density at radius 2 is 2.00 bits per heavy atom. The largest absolute Gasteiger partial charge is 0.367 e. The van der Waals surface area contributed by atoms with Crippen molar-refractivity contribution in [3.63, 3.8) is 0 Å². The van der Waals surface area contributed by atoms with Crippen LogP contribution in [0.1, 0.15) is 5.56 Å². The quantitative estimate of drug-likeness (QED) is 0.747. The summed E-state index contributed by atoms with van der Waals surface area (Å²) in [4.78, 5) is 0. The minimum absolute atomic E-state index is 0.177. The van der Waals surface area contributed by atoms with Crippen LogP contribution < -0.4 is 5.73 Å². The fraction of sp³-hybridized carbons (Fsp3) is 0.0625. The molecular formula is C16H12ClFN2O. The number of hydrogen-bond acceptors (Lipinski definition) is 3. The van der Waals surface area contributed by atoms with E-state index in [1.54, 1.807) is 18.2 Å². The number of nitrogens with two attached hydrogens (primary N) is 1. The summed E-state index contributed by atoms with van der Waals surface area (Å²) in [6.45, 7) is 1.88. The average molecular weight is 303 g/mol. The lowest BCUT2D eigenvalue weighted by Crippen LogP contribution is -1.90. The number of halogens is 2. The number of anilines is 1. The van der Waals surface area contributed by atoms with Gasteiger partial charge < -0.3 is 10.3 Å². The van der Waals surface area contributed by atoms with Crippen LogP contribution in [0.2, 0.25) is 5.02 Å². The second kappa shape index (κ2) is 5.22. The van der Waals surface area contributed by atoms with Gasteiger partial charge in [-0.15, -0.1) is 0 Å². The molecule has 0 atom stereocenters. The van der Waals surface area contributed by atoms with Crippen molar-refractivity contribution in [3.05, 3.63) is 58.9 Å². The van der Waals surface area contributed by atoms with E-state index in [4.69, 9.17) is 21.9 Å². The maximum absolute atomic E-state index is 13.5. The molecule has 5 heteroatoms. The molecule has 0 fully saturated rings. The van der Waals surface area contributed by atoms with Gasteiger partial charge in [-0.05, 0) is 42.3 Å². The van der Waals surface area contributed by atoms with Crippen LogP contribution >= 0.6 is 11.6 Å². The molecule has 0 aliphatic carbocycles. The molecule has 0 aliphatic heterocycles. The number of nitrogens with zero attached hydrogens (tertiary/aromatic N) is 1. The van der Waals surface area contributed by atoms with E-state index in [0.717, 1.165) is 11.1 Å². The van der Waals surface area contributed by atoms with Crippen LogP contribution in [0.4, 0.5) is 10.3 Å². The predicted molar refractivity (Wildman–Crippen MR) is 81.5 cm³/mol. The normalized spacial score (nSPS) is 10.8. The Hall–Kier alpha value is -2.33. The molecule has 2 aromatic carbocycles. The number of hydrogen-bond donors (Lipinski definition) is 1. The number of nitrogen functional groups attached to an aromatic ring is 1. The van der Waals surface area contributed by atoms with Gasteiger partial charge in [-0.3, -0.25) is 0 Å².